The lowest BCUT2D eigenvalue weighted by atomic mass is 9.78. The highest BCUT2D eigenvalue weighted by molar-refractivity contribution is 5.28. The molecule has 2 N–H and O–H groups in total. The van der Waals surface area contributed by atoms with Crippen molar-refractivity contribution in [2.45, 2.75) is 32.2 Å². The molecule has 1 saturated heterocycles. The Bertz CT molecular complexity index is 378. The Morgan fingerprint density at radius 1 is 1.38 bits per heavy atom. The van der Waals surface area contributed by atoms with Crippen molar-refractivity contribution in [3.63, 3.8) is 0 Å². The summed E-state index contributed by atoms with van der Waals surface area (Å²) in [5.41, 5.74) is 6.17. The van der Waals surface area contributed by atoms with Gasteiger partial charge >= 0.3 is 6.01 Å². The first-order valence-electron chi connectivity index (χ1n) is 6.05. The van der Waals surface area contributed by atoms with Gasteiger partial charge in [-0.1, -0.05) is 11.6 Å². The fourth-order valence-corrected chi connectivity index (χ4v) is 3.09. The van der Waals surface area contributed by atoms with Crippen molar-refractivity contribution in [2.75, 3.05) is 18.0 Å². The van der Waals surface area contributed by atoms with E-state index in [0.717, 1.165) is 25.4 Å². The average molecular weight is 222 g/mol. The van der Waals surface area contributed by atoms with Crippen LogP contribution in [0.25, 0.3) is 0 Å². The number of hydrogen-bond donors (Lipinski definition) is 1. The summed E-state index contributed by atoms with van der Waals surface area (Å²) in [7, 11) is 0. The van der Waals surface area contributed by atoms with E-state index in [0.29, 0.717) is 23.8 Å². The molecule has 3 atom stereocenters. The lowest BCUT2D eigenvalue weighted by Crippen LogP contribution is -2.38. The van der Waals surface area contributed by atoms with Gasteiger partial charge in [0.15, 0.2) is 5.82 Å². The van der Waals surface area contributed by atoms with Gasteiger partial charge in [-0.3, -0.25) is 0 Å². The number of rotatable bonds is 1. The van der Waals surface area contributed by atoms with Crippen LogP contribution >= 0.6 is 0 Å². The third-order valence-electron chi connectivity index (χ3n) is 3.94. The minimum atomic E-state index is 0.354. The summed E-state index contributed by atoms with van der Waals surface area (Å²) >= 11 is 0. The molecule has 5 heteroatoms. The molecule has 2 fully saturated rings. The van der Waals surface area contributed by atoms with Crippen LogP contribution in [0, 0.1) is 18.8 Å². The SMILES string of the molecule is Cc1noc(N2CC3CCCC(N)C3C2)n1. The average Bonchev–Trinajstić information content (AvgIpc) is 2.84. The molecule has 3 rings (SSSR count). The summed E-state index contributed by atoms with van der Waals surface area (Å²) in [5, 5.41) is 3.84. The van der Waals surface area contributed by atoms with Crippen LogP contribution in [0.2, 0.25) is 0 Å². The van der Waals surface area contributed by atoms with Crippen molar-refractivity contribution in [1.29, 1.82) is 0 Å². The summed E-state index contributed by atoms with van der Waals surface area (Å²) in [6.07, 6.45) is 3.72. The molecule has 0 amide bonds. The first-order chi connectivity index (χ1) is 7.74. The standard InChI is InChI=1S/C11H18N4O/c1-7-13-11(16-14-7)15-5-8-3-2-4-10(12)9(8)6-15/h8-10H,2-6,12H2,1H3. The third kappa shape index (κ3) is 1.59. The zero-order valence-electron chi connectivity index (χ0n) is 9.59. The second-order valence-corrected chi connectivity index (χ2v) is 5.05. The molecule has 16 heavy (non-hydrogen) atoms. The maximum absolute atomic E-state index is 6.17. The highest BCUT2D eigenvalue weighted by atomic mass is 16.5. The quantitative estimate of drug-likeness (QED) is 0.766. The van der Waals surface area contributed by atoms with Gasteiger partial charge in [-0.2, -0.15) is 4.98 Å². The number of aromatic nitrogens is 2. The second-order valence-electron chi connectivity index (χ2n) is 5.05. The van der Waals surface area contributed by atoms with E-state index in [1.807, 2.05) is 6.92 Å². The molecular formula is C11H18N4O. The molecule has 2 heterocycles. The minimum Gasteiger partial charge on any atom is -0.327 e. The van der Waals surface area contributed by atoms with Crippen LogP contribution in [0.1, 0.15) is 25.1 Å². The van der Waals surface area contributed by atoms with Gasteiger partial charge in [0.05, 0.1) is 0 Å². The van der Waals surface area contributed by atoms with Crippen molar-refractivity contribution in [2.24, 2.45) is 17.6 Å². The Morgan fingerprint density at radius 3 is 2.94 bits per heavy atom. The van der Waals surface area contributed by atoms with E-state index in [4.69, 9.17) is 10.3 Å². The first-order valence-corrected chi connectivity index (χ1v) is 6.05. The predicted octanol–water partition coefficient (Wildman–Crippen LogP) is 0.942. The van der Waals surface area contributed by atoms with E-state index < -0.39 is 0 Å². The normalized spacial score (nSPS) is 34.1. The number of anilines is 1. The van der Waals surface area contributed by atoms with Crippen molar-refractivity contribution in [1.82, 2.24) is 10.1 Å². The summed E-state index contributed by atoms with van der Waals surface area (Å²) < 4.78 is 5.21. The first kappa shape index (κ1) is 10.1. The van der Waals surface area contributed by atoms with Crippen molar-refractivity contribution in [3.05, 3.63) is 5.82 Å². The van der Waals surface area contributed by atoms with Crippen LogP contribution < -0.4 is 10.6 Å². The van der Waals surface area contributed by atoms with E-state index in [9.17, 15) is 0 Å². The molecule has 88 valence electrons. The molecule has 1 aromatic heterocycles. The van der Waals surface area contributed by atoms with Crippen LogP contribution in [0.3, 0.4) is 0 Å². The Balaban J connectivity index is 1.76. The number of nitrogens with zero attached hydrogens (tertiary/aromatic N) is 3. The zero-order chi connectivity index (χ0) is 11.1. The number of hydrogen-bond acceptors (Lipinski definition) is 5. The van der Waals surface area contributed by atoms with Gasteiger partial charge in [0.1, 0.15) is 0 Å². The summed E-state index contributed by atoms with van der Waals surface area (Å²) in [5.74, 6) is 2.03. The molecular weight excluding hydrogens is 204 g/mol. The molecule has 2 aliphatic rings. The Labute approximate surface area is 95.0 Å². The van der Waals surface area contributed by atoms with Gasteiger partial charge < -0.3 is 15.2 Å². The van der Waals surface area contributed by atoms with E-state index in [1.165, 1.54) is 12.8 Å². The number of aryl methyl sites for hydroxylation is 1. The van der Waals surface area contributed by atoms with Crippen molar-refractivity contribution < 1.29 is 4.52 Å². The lowest BCUT2D eigenvalue weighted by Gasteiger charge is -2.29. The molecule has 5 nitrogen and oxygen atoms in total. The molecule has 1 aromatic rings. The van der Waals surface area contributed by atoms with Crippen LogP contribution in [0.15, 0.2) is 4.52 Å². The molecule has 0 radical (unpaired) electrons. The van der Waals surface area contributed by atoms with Gasteiger partial charge in [-0.05, 0) is 31.6 Å². The molecule has 1 saturated carbocycles. The second kappa shape index (κ2) is 3.73. The van der Waals surface area contributed by atoms with Crippen LogP contribution in [-0.2, 0) is 0 Å². The van der Waals surface area contributed by atoms with Gasteiger partial charge in [-0.15, -0.1) is 0 Å². The van der Waals surface area contributed by atoms with Gasteiger partial charge in [-0.25, -0.2) is 0 Å². The minimum absolute atomic E-state index is 0.354. The zero-order valence-corrected chi connectivity index (χ0v) is 9.59. The van der Waals surface area contributed by atoms with E-state index in [2.05, 4.69) is 15.0 Å². The maximum Gasteiger partial charge on any atom is 0.324 e. The van der Waals surface area contributed by atoms with Crippen molar-refractivity contribution in [3.8, 4) is 0 Å². The Kier molecular flexibility index (Phi) is 2.35. The molecule has 1 aliphatic carbocycles. The monoisotopic (exact) mass is 222 g/mol. The van der Waals surface area contributed by atoms with Gasteiger partial charge in [0, 0.05) is 19.1 Å². The molecule has 0 bridgehead atoms. The maximum atomic E-state index is 6.17. The molecule has 3 unspecified atom stereocenters. The molecule has 1 aliphatic heterocycles. The lowest BCUT2D eigenvalue weighted by molar-refractivity contribution is 0.260. The fraction of sp³-hybridized carbons (Fsp3) is 0.818. The summed E-state index contributed by atoms with van der Waals surface area (Å²) in [4.78, 5) is 6.48. The van der Waals surface area contributed by atoms with Crippen LogP contribution in [0.5, 0.6) is 0 Å². The number of nitrogens with two attached hydrogens (primary N) is 1. The number of fused-ring (bicyclic) bond motifs is 1. The predicted molar refractivity (Wildman–Crippen MR) is 60.1 cm³/mol. The Morgan fingerprint density at radius 2 is 2.25 bits per heavy atom. The van der Waals surface area contributed by atoms with E-state index >= 15 is 0 Å². The summed E-state index contributed by atoms with van der Waals surface area (Å²) in [6, 6.07) is 1.02. The largest absolute Gasteiger partial charge is 0.327 e. The van der Waals surface area contributed by atoms with E-state index in [-0.39, 0.29) is 0 Å². The van der Waals surface area contributed by atoms with E-state index in [1.54, 1.807) is 0 Å². The highest BCUT2D eigenvalue weighted by Gasteiger charge is 2.40. The van der Waals surface area contributed by atoms with Crippen LogP contribution in [0.4, 0.5) is 6.01 Å². The van der Waals surface area contributed by atoms with Crippen LogP contribution in [-0.4, -0.2) is 29.3 Å². The molecule has 0 aromatic carbocycles. The Hall–Kier alpha value is -1.10. The molecule has 0 spiro atoms. The third-order valence-corrected chi connectivity index (χ3v) is 3.94. The fourth-order valence-electron chi connectivity index (χ4n) is 3.09. The smallest absolute Gasteiger partial charge is 0.324 e. The highest BCUT2D eigenvalue weighted by Crippen LogP contribution is 2.36. The van der Waals surface area contributed by atoms with Crippen molar-refractivity contribution >= 4 is 6.01 Å². The topological polar surface area (TPSA) is 68.2 Å². The summed E-state index contributed by atoms with van der Waals surface area (Å²) in [6.45, 7) is 3.86. The van der Waals surface area contributed by atoms with Gasteiger partial charge in [0.25, 0.3) is 0 Å². The van der Waals surface area contributed by atoms with Gasteiger partial charge in [0.2, 0.25) is 0 Å².